The summed E-state index contributed by atoms with van der Waals surface area (Å²) in [6.45, 7) is 9.27. The lowest BCUT2D eigenvalue weighted by atomic mass is 9.77. The fourth-order valence-corrected chi connectivity index (χ4v) is 6.50. The van der Waals surface area contributed by atoms with Gasteiger partial charge in [-0.3, -0.25) is 14.5 Å². The zero-order valence-corrected chi connectivity index (χ0v) is 26.5. The van der Waals surface area contributed by atoms with E-state index < -0.39 is 11.0 Å². The number of halogens is 1. The SMILES string of the molecule is CN1CCC(n2cc(-c3nc(Nc4cncc(N5CCC6(CCN(C(=O)OC(C)(C)C)CC6)C5=O)c4)ncc3Cl)cn2)CC1. The van der Waals surface area contributed by atoms with Crippen LogP contribution in [-0.2, 0) is 9.53 Å². The van der Waals surface area contributed by atoms with Gasteiger partial charge >= 0.3 is 6.09 Å². The van der Waals surface area contributed by atoms with Crippen molar-refractivity contribution >= 4 is 40.9 Å². The number of pyridine rings is 1. The number of piperidine rings is 2. The monoisotopic (exact) mass is 621 g/mol. The maximum atomic E-state index is 13.7. The molecule has 3 fully saturated rings. The number of carbonyl (C=O) groups is 2. The van der Waals surface area contributed by atoms with Crippen molar-refractivity contribution in [1.82, 2.24) is 34.5 Å². The van der Waals surface area contributed by atoms with Gasteiger partial charge in [-0.25, -0.2) is 14.8 Å². The van der Waals surface area contributed by atoms with Crippen LogP contribution in [0.3, 0.4) is 0 Å². The molecule has 0 unspecified atom stereocenters. The first-order valence-corrected chi connectivity index (χ1v) is 15.7. The summed E-state index contributed by atoms with van der Waals surface area (Å²) in [4.78, 5) is 45.6. The Balaban J connectivity index is 1.12. The fraction of sp³-hybridized carbons (Fsp3) is 0.548. The lowest BCUT2D eigenvalue weighted by molar-refractivity contribution is -0.128. The van der Waals surface area contributed by atoms with Crippen molar-refractivity contribution in [3.05, 3.63) is 42.1 Å². The van der Waals surface area contributed by atoms with Gasteiger partial charge in [0.1, 0.15) is 5.60 Å². The van der Waals surface area contributed by atoms with Gasteiger partial charge in [0, 0.05) is 31.4 Å². The zero-order valence-electron chi connectivity index (χ0n) is 25.8. The molecule has 2 amide bonds. The number of amides is 2. The van der Waals surface area contributed by atoms with E-state index in [1.807, 2.05) is 37.7 Å². The van der Waals surface area contributed by atoms with Gasteiger partial charge < -0.3 is 24.8 Å². The minimum absolute atomic E-state index is 0.0759. The topological polar surface area (TPSA) is 122 Å². The van der Waals surface area contributed by atoms with E-state index in [4.69, 9.17) is 21.3 Å². The van der Waals surface area contributed by atoms with Crippen LogP contribution >= 0.6 is 11.6 Å². The van der Waals surface area contributed by atoms with Gasteiger partial charge in [0.05, 0.1) is 58.3 Å². The Hall–Kier alpha value is -3.77. The summed E-state index contributed by atoms with van der Waals surface area (Å²) in [6, 6.07) is 2.24. The summed E-state index contributed by atoms with van der Waals surface area (Å²) in [7, 11) is 2.14. The first kappa shape index (κ1) is 30.3. The number of ether oxygens (including phenoxy) is 1. The number of aromatic nitrogens is 5. The molecule has 0 aromatic carbocycles. The Morgan fingerprint density at radius 1 is 1.05 bits per heavy atom. The van der Waals surface area contributed by atoms with E-state index in [0.29, 0.717) is 66.6 Å². The highest BCUT2D eigenvalue weighted by Crippen LogP contribution is 2.43. The van der Waals surface area contributed by atoms with Crippen LogP contribution in [0.4, 0.5) is 22.1 Å². The molecule has 0 saturated carbocycles. The lowest BCUT2D eigenvalue weighted by Gasteiger charge is -2.38. The van der Waals surface area contributed by atoms with Crippen LogP contribution in [-0.4, -0.2) is 91.9 Å². The number of nitrogens with zero attached hydrogens (tertiary/aromatic N) is 8. The van der Waals surface area contributed by atoms with Crippen LogP contribution in [0.5, 0.6) is 0 Å². The van der Waals surface area contributed by atoms with Crippen molar-refractivity contribution in [2.24, 2.45) is 5.41 Å². The molecule has 3 saturated heterocycles. The van der Waals surface area contributed by atoms with Crippen LogP contribution < -0.4 is 10.2 Å². The maximum absolute atomic E-state index is 13.7. The quantitative estimate of drug-likeness (QED) is 0.412. The van der Waals surface area contributed by atoms with Crippen LogP contribution in [0.15, 0.2) is 37.1 Å². The molecule has 44 heavy (non-hydrogen) atoms. The summed E-state index contributed by atoms with van der Waals surface area (Å²) in [6.07, 6.45) is 12.5. The van der Waals surface area contributed by atoms with E-state index in [1.165, 1.54) is 0 Å². The zero-order chi connectivity index (χ0) is 31.1. The number of hydrogen-bond acceptors (Lipinski definition) is 9. The molecule has 12 nitrogen and oxygen atoms in total. The predicted molar refractivity (Wildman–Crippen MR) is 168 cm³/mol. The molecule has 13 heteroatoms. The van der Waals surface area contributed by atoms with Crippen molar-refractivity contribution in [2.45, 2.75) is 64.5 Å². The van der Waals surface area contributed by atoms with Crippen molar-refractivity contribution in [3.8, 4) is 11.3 Å². The number of carbonyl (C=O) groups excluding carboxylic acids is 2. The number of rotatable bonds is 5. The number of likely N-dealkylation sites (tertiary alicyclic amines) is 2. The second-order valence-corrected chi connectivity index (χ2v) is 13.6. The minimum atomic E-state index is -0.549. The Labute approximate surface area is 262 Å². The molecule has 1 N–H and O–H groups in total. The van der Waals surface area contributed by atoms with E-state index >= 15 is 0 Å². The molecule has 0 aliphatic carbocycles. The Morgan fingerprint density at radius 2 is 1.77 bits per heavy atom. The molecule has 1 spiro atoms. The summed E-state index contributed by atoms with van der Waals surface area (Å²) in [5.74, 6) is 0.445. The van der Waals surface area contributed by atoms with Crippen LogP contribution in [0.1, 0.15) is 58.9 Å². The molecule has 0 atom stereocenters. The fourth-order valence-electron chi connectivity index (χ4n) is 6.30. The van der Waals surface area contributed by atoms with Gasteiger partial charge in [0.15, 0.2) is 0 Å². The average Bonchev–Trinajstić information content (AvgIpc) is 3.60. The van der Waals surface area contributed by atoms with E-state index in [9.17, 15) is 9.59 Å². The molecule has 3 aliphatic heterocycles. The third-order valence-electron chi connectivity index (χ3n) is 8.86. The molecule has 0 radical (unpaired) electrons. The molecular weight excluding hydrogens is 582 g/mol. The summed E-state index contributed by atoms with van der Waals surface area (Å²) in [5.41, 5.74) is 1.77. The lowest BCUT2D eigenvalue weighted by Crippen LogP contribution is -2.48. The largest absolute Gasteiger partial charge is 0.444 e. The van der Waals surface area contributed by atoms with Crippen molar-refractivity contribution in [2.75, 3.05) is 50.0 Å². The molecule has 234 valence electrons. The first-order chi connectivity index (χ1) is 21.0. The molecule has 3 aromatic heterocycles. The van der Waals surface area contributed by atoms with Crippen molar-refractivity contribution in [3.63, 3.8) is 0 Å². The van der Waals surface area contributed by atoms with E-state index in [0.717, 1.165) is 37.9 Å². The third-order valence-corrected chi connectivity index (χ3v) is 9.13. The Bertz CT molecular complexity index is 1520. The van der Waals surface area contributed by atoms with E-state index in [-0.39, 0.29) is 12.0 Å². The number of nitrogens with one attached hydrogen (secondary N) is 1. The molecule has 6 rings (SSSR count). The molecular formula is C31H40ClN9O3. The van der Waals surface area contributed by atoms with Crippen molar-refractivity contribution < 1.29 is 14.3 Å². The van der Waals surface area contributed by atoms with Crippen molar-refractivity contribution in [1.29, 1.82) is 0 Å². The Kier molecular flexibility index (Phi) is 8.23. The highest BCUT2D eigenvalue weighted by atomic mass is 35.5. The van der Waals surface area contributed by atoms with Gasteiger partial charge in [0.25, 0.3) is 0 Å². The van der Waals surface area contributed by atoms with Gasteiger partial charge in [0.2, 0.25) is 11.9 Å². The van der Waals surface area contributed by atoms with Crippen LogP contribution in [0.2, 0.25) is 5.02 Å². The standard InChI is InChI=1S/C31H40ClN9O3/c1-30(2,3)44-29(43)39-12-7-31(8-13-39)9-14-40(27(31)42)24-15-22(17-33-18-24)36-28-34-19-25(32)26(37-28)21-16-35-41(20-21)23-5-10-38(4)11-6-23/h15-20,23H,5-14H2,1-4H3,(H,34,36,37). The second-order valence-electron chi connectivity index (χ2n) is 13.1. The van der Waals surface area contributed by atoms with E-state index in [2.05, 4.69) is 32.3 Å². The van der Waals surface area contributed by atoms with E-state index in [1.54, 1.807) is 34.6 Å². The number of hydrogen-bond donors (Lipinski definition) is 1. The summed E-state index contributed by atoms with van der Waals surface area (Å²) < 4.78 is 7.55. The number of anilines is 3. The molecule has 0 bridgehead atoms. The minimum Gasteiger partial charge on any atom is -0.444 e. The highest BCUT2D eigenvalue weighted by molar-refractivity contribution is 6.32. The van der Waals surface area contributed by atoms with Gasteiger partial charge in [-0.2, -0.15) is 5.10 Å². The molecule has 6 heterocycles. The average molecular weight is 622 g/mol. The van der Waals surface area contributed by atoms with Crippen LogP contribution in [0.25, 0.3) is 11.3 Å². The predicted octanol–water partition coefficient (Wildman–Crippen LogP) is 5.15. The molecule has 3 aliphatic rings. The van der Waals surface area contributed by atoms with Gasteiger partial charge in [-0.15, -0.1) is 0 Å². The van der Waals surface area contributed by atoms with Crippen LogP contribution in [0, 0.1) is 5.41 Å². The van der Waals surface area contributed by atoms with Gasteiger partial charge in [-0.05, 0) is 79.1 Å². The first-order valence-electron chi connectivity index (χ1n) is 15.3. The maximum Gasteiger partial charge on any atom is 0.410 e. The third kappa shape index (κ3) is 6.37. The summed E-state index contributed by atoms with van der Waals surface area (Å²) >= 11 is 6.52. The normalized spacial score (nSPS) is 19.5. The summed E-state index contributed by atoms with van der Waals surface area (Å²) in [5, 5.41) is 8.28. The highest BCUT2D eigenvalue weighted by Gasteiger charge is 2.49. The molecule has 3 aromatic rings. The second kappa shape index (κ2) is 12.0. The van der Waals surface area contributed by atoms with Gasteiger partial charge in [-0.1, -0.05) is 11.6 Å². The smallest absolute Gasteiger partial charge is 0.410 e. The Morgan fingerprint density at radius 3 is 2.50 bits per heavy atom.